The largest absolute Gasteiger partial charge is 0.489 e. The van der Waals surface area contributed by atoms with E-state index >= 15 is 0 Å². The number of aryl methyl sites for hydroxylation is 1. The van der Waals surface area contributed by atoms with E-state index in [4.69, 9.17) is 4.74 Å². The lowest BCUT2D eigenvalue weighted by atomic mass is 9.87. The highest BCUT2D eigenvalue weighted by molar-refractivity contribution is 5.88. The number of aromatic nitrogens is 2. The molecule has 2 N–H and O–H groups in total. The summed E-state index contributed by atoms with van der Waals surface area (Å²) in [6, 6.07) is 28.5. The minimum absolute atomic E-state index is 0.00668. The van der Waals surface area contributed by atoms with Gasteiger partial charge in [-0.05, 0) is 58.5 Å². The number of rotatable bonds is 10. The SMILES string of the molecule is CCc1cccc2c(C(CC(=O)NCc3ccncc3)c3ccc(OCc4ccccc4)cc3)c[nH]c12. The third-order valence-electron chi connectivity index (χ3n) is 6.75. The lowest BCUT2D eigenvalue weighted by molar-refractivity contribution is -0.121. The van der Waals surface area contributed by atoms with Gasteiger partial charge in [0.15, 0.2) is 0 Å². The molecule has 186 valence electrons. The predicted molar refractivity (Wildman–Crippen MR) is 147 cm³/mol. The van der Waals surface area contributed by atoms with Crippen molar-refractivity contribution in [3.8, 4) is 5.75 Å². The summed E-state index contributed by atoms with van der Waals surface area (Å²) in [7, 11) is 0. The van der Waals surface area contributed by atoms with Gasteiger partial charge in [0.2, 0.25) is 5.91 Å². The number of hydrogen-bond donors (Lipinski definition) is 2. The number of nitrogens with zero attached hydrogens (tertiary/aromatic N) is 1. The van der Waals surface area contributed by atoms with Gasteiger partial charge >= 0.3 is 0 Å². The average Bonchev–Trinajstić information content (AvgIpc) is 3.39. The minimum atomic E-state index is -0.0959. The van der Waals surface area contributed by atoms with Crippen LogP contribution in [-0.4, -0.2) is 15.9 Å². The summed E-state index contributed by atoms with van der Waals surface area (Å²) in [4.78, 5) is 20.6. The van der Waals surface area contributed by atoms with Gasteiger partial charge in [0.05, 0.1) is 0 Å². The third-order valence-corrected chi connectivity index (χ3v) is 6.75. The summed E-state index contributed by atoms with van der Waals surface area (Å²) in [6.45, 7) is 3.16. The monoisotopic (exact) mass is 489 g/mol. The van der Waals surface area contributed by atoms with Crippen molar-refractivity contribution in [2.45, 2.75) is 38.8 Å². The second-order valence-corrected chi connectivity index (χ2v) is 9.17. The second kappa shape index (κ2) is 11.6. The molecule has 0 aliphatic heterocycles. The van der Waals surface area contributed by atoms with Crippen molar-refractivity contribution >= 4 is 16.8 Å². The molecule has 0 aliphatic carbocycles. The molecule has 0 bridgehead atoms. The standard InChI is InChI=1S/C32H31N3O2/c1-2-25-9-6-10-28-30(21-35-32(25)28)29(19-31(36)34-20-23-15-17-33-18-16-23)26-11-13-27(14-12-26)37-22-24-7-4-3-5-8-24/h3-18,21,29,35H,2,19-20,22H2,1H3,(H,34,36). The molecule has 0 saturated heterocycles. The number of aromatic amines is 1. The number of carbonyl (C=O) groups excluding carboxylic acids is 1. The summed E-state index contributed by atoms with van der Waals surface area (Å²) in [5.74, 6) is 0.717. The summed E-state index contributed by atoms with van der Waals surface area (Å²) < 4.78 is 6.00. The molecule has 3 aromatic carbocycles. The van der Waals surface area contributed by atoms with Gasteiger partial charge in [0.25, 0.3) is 0 Å². The van der Waals surface area contributed by atoms with Gasteiger partial charge in [0.1, 0.15) is 12.4 Å². The molecule has 0 radical (unpaired) electrons. The number of para-hydroxylation sites is 1. The maximum atomic E-state index is 13.1. The summed E-state index contributed by atoms with van der Waals surface area (Å²) in [6.07, 6.45) is 6.83. The maximum Gasteiger partial charge on any atom is 0.221 e. The van der Waals surface area contributed by atoms with Crippen LogP contribution in [-0.2, 0) is 24.4 Å². The highest BCUT2D eigenvalue weighted by Gasteiger charge is 2.22. The highest BCUT2D eigenvalue weighted by Crippen LogP contribution is 2.35. The first-order chi connectivity index (χ1) is 18.2. The zero-order chi connectivity index (χ0) is 25.5. The molecule has 0 saturated carbocycles. The number of nitrogens with one attached hydrogen (secondary N) is 2. The van der Waals surface area contributed by atoms with Crippen molar-refractivity contribution in [2.24, 2.45) is 0 Å². The van der Waals surface area contributed by atoms with Crippen LogP contribution in [0.1, 0.15) is 47.1 Å². The first kappa shape index (κ1) is 24.3. The molecule has 0 fully saturated rings. The Labute approximate surface area is 217 Å². The van der Waals surface area contributed by atoms with Crippen LogP contribution in [0.2, 0.25) is 0 Å². The molecule has 1 atom stereocenters. The van der Waals surface area contributed by atoms with Crippen LogP contribution >= 0.6 is 0 Å². The molecule has 2 aromatic heterocycles. The molecular formula is C32H31N3O2. The predicted octanol–water partition coefficient (Wildman–Crippen LogP) is 6.54. The van der Waals surface area contributed by atoms with Crippen LogP contribution in [0.5, 0.6) is 5.75 Å². The lowest BCUT2D eigenvalue weighted by Gasteiger charge is -2.18. The number of hydrogen-bond acceptors (Lipinski definition) is 3. The molecule has 1 amide bonds. The number of fused-ring (bicyclic) bond motifs is 1. The van der Waals surface area contributed by atoms with Gasteiger partial charge < -0.3 is 15.0 Å². The fraction of sp³-hybridized carbons (Fsp3) is 0.188. The third kappa shape index (κ3) is 5.89. The first-order valence-corrected chi connectivity index (χ1v) is 12.7. The fourth-order valence-electron chi connectivity index (χ4n) is 4.73. The smallest absolute Gasteiger partial charge is 0.221 e. The number of carbonyl (C=O) groups is 1. The fourth-order valence-corrected chi connectivity index (χ4v) is 4.73. The lowest BCUT2D eigenvalue weighted by Crippen LogP contribution is -2.25. The molecule has 5 rings (SSSR count). The second-order valence-electron chi connectivity index (χ2n) is 9.17. The highest BCUT2D eigenvalue weighted by atomic mass is 16.5. The van der Waals surface area contributed by atoms with E-state index in [2.05, 4.69) is 70.9 Å². The van der Waals surface area contributed by atoms with Crippen molar-refractivity contribution in [1.29, 1.82) is 0 Å². The Morgan fingerprint density at radius 1 is 0.919 bits per heavy atom. The molecule has 5 nitrogen and oxygen atoms in total. The van der Waals surface area contributed by atoms with Crippen LogP contribution < -0.4 is 10.1 Å². The number of benzene rings is 3. The Balaban J connectivity index is 1.38. The molecule has 0 spiro atoms. The Morgan fingerprint density at radius 3 is 2.46 bits per heavy atom. The van der Waals surface area contributed by atoms with Gasteiger partial charge in [-0.2, -0.15) is 0 Å². The van der Waals surface area contributed by atoms with Crippen LogP contribution in [0.4, 0.5) is 0 Å². The van der Waals surface area contributed by atoms with E-state index in [1.54, 1.807) is 12.4 Å². The van der Waals surface area contributed by atoms with Crippen molar-refractivity contribution in [3.63, 3.8) is 0 Å². The first-order valence-electron chi connectivity index (χ1n) is 12.7. The molecule has 2 heterocycles. The zero-order valence-electron chi connectivity index (χ0n) is 21.0. The van der Waals surface area contributed by atoms with Gasteiger partial charge in [0, 0.05) is 48.4 Å². The van der Waals surface area contributed by atoms with Gasteiger partial charge in [-0.25, -0.2) is 0 Å². The van der Waals surface area contributed by atoms with E-state index in [1.807, 2.05) is 42.5 Å². The zero-order valence-corrected chi connectivity index (χ0v) is 21.0. The van der Waals surface area contributed by atoms with E-state index in [0.29, 0.717) is 19.6 Å². The Morgan fingerprint density at radius 2 is 1.70 bits per heavy atom. The average molecular weight is 490 g/mol. The molecular weight excluding hydrogens is 458 g/mol. The normalized spacial score (nSPS) is 11.8. The van der Waals surface area contributed by atoms with Crippen LogP contribution in [0.3, 0.4) is 0 Å². The van der Waals surface area contributed by atoms with E-state index in [9.17, 15) is 4.79 Å². The van der Waals surface area contributed by atoms with Gasteiger partial charge in [-0.15, -0.1) is 0 Å². The number of H-pyrrole nitrogens is 1. The Kier molecular flexibility index (Phi) is 7.60. The van der Waals surface area contributed by atoms with E-state index in [-0.39, 0.29) is 11.8 Å². The van der Waals surface area contributed by atoms with Gasteiger partial charge in [-0.3, -0.25) is 9.78 Å². The van der Waals surface area contributed by atoms with Crippen molar-refractivity contribution in [1.82, 2.24) is 15.3 Å². The summed E-state index contributed by atoms with van der Waals surface area (Å²) >= 11 is 0. The molecule has 5 aromatic rings. The number of ether oxygens (including phenoxy) is 1. The minimum Gasteiger partial charge on any atom is -0.489 e. The van der Waals surface area contributed by atoms with E-state index in [1.165, 1.54) is 5.56 Å². The van der Waals surface area contributed by atoms with Crippen molar-refractivity contribution in [2.75, 3.05) is 0 Å². The molecule has 1 unspecified atom stereocenters. The van der Waals surface area contributed by atoms with Crippen LogP contribution in [0, 0.1) is 0 Å². The quantitative estimate of drug-likeness (QED) is 0.234. The van der Waals surface area contributed by atoms with E-state index < -0.39 is 0 Å². The molecule has 0 aliphatic rings. The van der Waals surface area contributed by atoms with Crippen molar-refractivity contribution < 1.29 is 9.53 Å². The number of pyridine rings is 1. The summed E-state index contributed by atoms with van der Waals surface area (Å²) in [5, 5.41) is 4.24. The van der Waals surface area contributed by atoms with Crippen LogP contribution in [0.25, 0.3) is 10.9 Å². The summed E-state index contributed by atoms with van der Waals surface area (Å²) in [5.41, 5.74) is 6.77. The number of amides is 1. The van der Waals surface area contributed by atoms with E-state index in [0.717, 1.165) is 45.3 Å². The maximum absolute atomic E-state index is 13.1. The molecule has 37 heavy (non-hydrogen) atoms. The topological polar surface area (TPSA) is 67.0 Å². The van der Waals surface area contributed by atoms with Crippen LogP contribution in [0.15, 0.2) is 104 Å². The molecule has 5 heteroatoms. The Hall–Kier alpha value is -4.38. The van der Waals surface area contributed by atoms with Crippen molar-refractivity contribution in [3.05, 3.63) is 131 Å². The Bertz CT molecular complexity index is 1440. The van der Waals surface area contributed by atoms with Gasteiger partial charge in [-0.1, -0.05) is 67.6 Å².